The molecule has 1 aromatic rings. The first-order valence-corrected chi connectivity index (χ1v) is 6.36. The fraction of sp³-hybridized carbons (Fsp3) is 0.500. The van der Waals surface area contributed by atoms with Gasteiger partial charge in [-0.25, -0.2) is 4.39 Å². The fourth-order valence-electron chi connectivity index (χ4n) is 2.43. The molecule has 2 rings (SSSR count). The van der Waals surface area contributed by atoms with Crippen molar-refractivity contribution in [3.05, 3.63) is 35.6 Å². The maximum atomic E-state index is 13.1. The van der Waals surface area contributed by atoms with Crippen molar-refractivity contribution < 1.29 is 9.18 Å². The van der Waals surface area contributed by atoms with Crippen LogP contribution in [0.5, 0.6) is 0 Å². The molecule has 0 aromatic heterocycles. The van der Waals surface area contributed by atoms with Gasteiger partial charge in [0.05, 0.1) is 11.6 Å². The van der Waals surface area contributed by atoms with Gasteiger partial charge in [0.1, 0.15) is 5.82 Å². The van der Waals surface area contributed by atoms with Crippen LogP contribution in [-0.2, 0) is 4.79 Å². The molecule has 1 saturated carbocycles. The van der Waals surface area contributed by atoms with E-state index < -0.39 is 5.54 Å². The number of carbonyl (C=O) groups is 1. The van der Waals surface area contributed by atoms with Crippen molar-refractivity contribution in [2.45, 2.75) is 44.2 Å². The second kappa shape index (κ2) is 5.06. The molecular weight excluding hydrogens is 231 g/mol. The lowest BCUT2D eigenvalue weighted by Crippen LogP contribution is -2.52. The van der Waals surface area contributed by atoms with E-state index in [0.29, 0.717) is 0 Å². The van der Waals surface area contributed by atoms with Gasteiger partial charge in [-0.1, -0.05) is 25.0 Å². The van der Waals surface area contributed by atoms with Crippen molar-refractivity contribution in [3.8, 4) is 0 Å². The van der Waals surface area contributed by atoms with E-state index in [1.807, 2.05) is 6.92 Å². The van der Waals surface area contributed by atoms with Gasteiger partial charge in [-0.2, -0.15) is 0 Å². The van der Waals surface area contributed by atoms with Crippen molar-refractivity contribution in [2.24, 2.45) is 5.73 Å². The Kier molecular flexibility index (Phi) is 3.66. The van der Waals surface area contributed by atoms with Gasteiger partial charge in [0.25, 0.3) is 0 Å². The maximum absolute atomic E-state index is 13.1. The number of nitrogens with two attached hydrogens (primary N) is 1. The first-order chi connectivity index (χ1) is 8.51. The molecule has 3 nitrogen and oxygen atoms in total. The lowest BCUT2D eigenvalue weighted by molar-refractivity contribution is -0.126. The standard InChI is InChI=1S/C14H19FN2O/c1-10(11-5-4-6-12(15)9-11)17-13(18)14(16)7-2-3-8-14/h4-6,9-10H,2-3,7-8,16H2,1H3,(H,17,18). The van der Waals surface area contributed by atoms with E-state index in [2.05, 4.69) is 5.32 Å². The number of hydrogen-bond donors (Lipinski definition) is 2. The van der Waals surface area contributed by atoms with Crippen LogP contribution >= 0.6 is 0 Å². The summed E-state index contributed by atoms with van der Waals surface area (Å²) in [5.74, 6) is -0.423. The van der Waals surface area contributed by atoms with Gasteiger partial charge in [-0.15, -0.1) is 0 Å². The topological polar surface area (TPSA) is 55.1 Å². The van der Waals surface area contributed by atoms with Crippen LogP contribution in [0.1, 0.15) is 44.2 Å². The van der Waals surface area contributed by atoms with Crippen molar-refractivity contribution in [1.82, 2.24) is 5.32 Å². The summed E-state index contributed by atoms with van der Waals surface area (Å²) in [4.78, 5) is 12.1. The van der Waals surface area contributed by atoms with Crippen molar-refractivity contribution in [1.29, 1.82) is 0 Å². The SMILES string of the molecule is CC(NC(=O)C1(N)CCCC1)c1cccc(F)c1. The minimum Gasteiger partial charge on any atom is -0.348 e. The lowest BCUT2D eigenvalue weighted by atomic mass is 9.97. The molecule has 0 radical (unpaired) electrons. The first kappa shape index (κ1) is 13.0. The van der Waals surface area contributed by atoms with Crippen LogP contribution in [-0.4, -0.2) is 11.4 Å². The minimum absolute atomic E-state index is 0.128. The van der Waals surface area contributed by atoms with Crippen LogP contribution < -0.4 is 11.1 Å². The second-order valence-corrected chi connectivity index (χ2v) is 5.11. The largest absolute Gasteiger partial charge is 0.348 e. The van der Waals surface area contributed by atoms with E-state index >= 15 is 0 Å². The fourth-order valence-corrected chi connectivity index (χ4v) is 2.43. The van der Waals surface area contributed by atoms with E-state index in [0.717, 1.165) is 31.2 Å². The summed E-state index contributed by atoms with van der Waals surface area (Å²) in [7, 11) is 0. The van der Waals surface area contributed by atoms with E-state index in [1.165, 1.54) is 12.1 Å². The third-order valence-corrected chi connectivity index (χ3v) is 3.64. The molecule has 1 aliphatic rings. The number of amides is 1. The highest BCUT2D eigenvalue weighted by molar-refractivity contribution is 5.86. The summed E-state index contributed by atoms with van der Waals surface area (Å²) in [6, 6.07) is 6.03. The molecule has 1 amide bonds. The number of carbonyl (C=O) groups excluding carboxylic acids is 1. The molecule has 1 aliphatic carbocycles. The van der Waals surface area contributed by atoms with Gasteiger partial charge >= 0.3 is 0 Å². The number of halogens is 1. The average molecular weight is 250 g/mol. The van der Waals surface area contributed by atoms with Crippen LogP contribution in [0.2, 0.25) is 0 Å². The summed E-state index contributed by atoms with van der Waals surface area (Å²) in [5.41, 5.74) is 6.09. The monoisotopic (exact) mass is 250 g/mol. The summed E-state index contributed by atoms with van der Waals surface area (Å²) >= 11 is 0. The zero-order valence-corrected chi connectivity index (χ0v) is 10.6. The Morgan fingerprint density at radius 2 is 2.11 bits per heavy atom. The van der Waals surface area contributed by atoms with Crippen molar-refractivity contribution >= 4 is 5.91 Å². The second-order valence-electron chi connectivity index (χ2n) is 5.11. The smallest absolute Gasteiger partial charge is 0.240 e. The molecule has 4 heteroatoms. The van der Waals surface area contributed by atoms with Gasteiger partial charge in [-0.3, -0.25) is 4.79 Å². The molecule has 1 atom stereocenters. The van der Waals surface area contributed by atoms with Gasteiger partial charge in [0.15, 0.2) is 0 Å². The molecule has 0 saturated heterocycles. The summed E-state index contributed by atoms with van der Waals surface area (Å²) in [5, 5.41) is 2.88. The Labute approximate surface area is 107 Å². The van der Waals surface area contributed by atoms with Crippen molar-refractivity contribution in [3.63, 3.8) is 0 Å². The number of nitrogens with one attached hydrogen (secondary N) is 1. The molecular formula is C14H19FN2O. The van der Waals surface area contributed by atoms with Crippen LogP contribution in [0.15, 0.2) is 24.3 Å². The highest BCUT2D eigenvalue weighted by atomic mass is 19.1. The normalized spacial score (nSPS) is 19.5. The first-order valence-electron chi connectivity index (χ1n) is 6.36. The molecule has 0 aliphatic heterocycles. The number of rotatable bonds is 3. The van der Waals surface area contributed by atoms with Gasteiger partial charge < -0.3 is 11.1 Å². The summed E-state index contributed by atoms with van der Waals surface area (Å²) in [6.07, 6.45) is 3.46. The number of hydrogen-bond acceptors (Lipinski definition) is 2. The van der Waals surface area contributed by atoms with E-state index in [-0.39, 0.29) is 17.8 Å². The van der Waals surface area contributed by atoms with E-state index in [4.69, 9.17) is 5.73 Å². The van der Waals surface area contributed by atoms with Crippen molar-refractivity contribution in [2.75, 3.05) is 0 Å². The molecule has 1 aromatic carbocycles. The highest BCUT2D eigenvalue weighted by Gasteiger charge is 2.37. The Bertz CT molecular complexity index is 441. The number of benzene rings is 1. The zero-order chi connectivity index (χ0) is 13.2. The average Bonchev–Trinajstić information content (AvgIpc) is 2.77. The third kappa shape index (κ3) is 2.70. The Hall–Kier alpha value is -1.42. The lowest BCUT2D eigenvalue weighted by Gasteiger charge is -2.25. The molecule has 0 spiro atoms. The minimum atomic E-state index is -0.735. The predicted octanol–water partition coefficient (Wildman–Crippen LogP) is 2.27. The Morgan fingerprint density at radius 3 is 2.72 bits per heavy atom. The zero-order valence-electron chi connectivity index (χ0n) is 10.6. The van der Waals surface area contributed by atoms with Crippen LogP contribution in [0, 0.1) is 5.82 Å². The maximum Gasteiger partial charge on any atom is 0.240 e. The molecule has 18 heavy (non-hydrogen) atoms. The van der Waals surface area contributed by atoms with Crippen LogP contribution in [0.25, 0.3) is 0 Å². The summed E-state index contributed by atoms with van der Waals surface area (Å²) in [6.45, 7) is 1.84. The quantitative estimate of drug-likeness (QED) is 0.864. The van der Waals surface area contributed by atoms with E-state index in [1.54, 1.807) is 12.1 Å². The molecule has 98 valence electrons. The Balaban J connectivity index is 2.03. The molecule has 3 N–H and O–H groups in total. The van der Waals surface area contributed by atoms with Gasteiger partial charge in [0, 0.05) is 0 Å². The third-order valence-electron chi connectivity index (χ3n) is 3.64. The summed E-state index contributed by atoms with van der Waals surface area (Å²) < 4.78 is 13.1. The Morgan fingerprint density at radius 1 is 1.44 bits per heavy atom. The van der Waals surface area contributed by atoms with Crippen LogP contribution in [0.4, 0.5) is 4.39 Å². The van der Waals surface area contributed by atoms with Gasteiger partial charge in [-0.05, 0) is 37.5 Å². The molecule has 0 bridgehead atoms. The molecule has 0 heterocycles. The van der Waals surface area contributed by atoms with Crippen LogP contribution in [0.3, 0.4) is 0 Å². The highest BCUT2D eigenvalue weighted by Crippen LogP contribution is 2.28. The van der Waals surface area contributed by atoms with E-state index in [9.17, 15) is 9.18 Å². The molecule has 1 unspecified atom stereocenters. The van der Waals surface area contributed by atoms with Gasteiger partial charge in [0.2, 0.25) is 5.91 Å². The predicted molar refractivity (Wildman–Crippen MR) is 68.3 cm³/mol. The molecule has 1 fully saturated rings.